The van der Waals surface area contributed by atoms with E-state index >= 15 is 0 Å². The molecule has 0 amide bonds. The molecule has 3 nitrogen and oxygen atoms in total. The van der Waals surface area contributed by atoms with Gasteiger partial charge in [-0.1, -0.05) is 11.6 Å². The minimum Gasteiger partial charge on any atom is -0.391 e. The first kappa shape index (κ1) is 10.7. The maximum Gasteiger partial charge on any atom is 0.151 e. The molecule has 0 unspecified atom stereocenters. The van der Waals surface area contributed by atoms with Crippen LogP contribution in [0.5, 0.6) is 0 Å². The number of halogens is 1. The molecule has 0 aromatic carbocycles. The number of nitrogens with one attached hydrogen (secondary N) is 2. The number of rotatable bonds is 3. The predicted molar refractivity (Wildman–Crippen MR) is 57.6 cm³/mol. The van der Waals surface area contributed by atoms with Gasteiger partial charge in [0.05, 0.1) is 10.7 Å². The molecule has 0 saturated carbocycles. The fourth-order valence-electron chi connectivity index (χ4n) is 1.05. The zero-order valence-corrected chi connectivity index (χ0v) is 8.56. The van der Waals surface area contributed by atoms with Gasteiger partial charge in [0.2, 0.25) is 0 Å². The van der Waals surface area contributed by atoms with E-state index in [9.17, 15) is 4.79 Å². The summed E-state index contributed by atoms with van der Waals surface area (Å²) in [5.74, 6) is 0. The fourth-order valence-corrected chi connectivity index (χ4v) is 1.31. The molecule has 1 rings (SSSR count). The van der Waals surface area contributed by atoms with Crippen LogP contribution in [-0.2, 0) is 4.79 Å². The Morgan fingerprint density at radius 1 is 1.57 bits per heavy atom. The summed E-state index contributed by atoms with van der Waals surface area (Å²) < 4.78 is 0. The molecule has 0 aliphatic heterocycles. The van der Waals surface area contributed by atoms with Gasteiger partial charge in [0, 0.05) is 23.9 Å². The lowest BCUT2D eigenvalue weighted by Gasteiger charge is -2.11. The highest BCUT2D eigenvalue weighted by Crippen LogP contribution is 2.24. The average molecular weight is 211 g/mol. The summed E-state index contributed by atoms with van der Waals surface area (Å²) in [7, 11) is 0. The van der Waals surface area contributed by atoms with Gasteiger partial charge in [-0.15, -0.1) is 0 Å². The number of carbonyl (C=O) groups excluding carboxylic acids is 1. The number of carbonyl (C=O) groups is 1. The van der Waals surface area contributed by atoms with Gasteiger partial charge >= 0.3 is 0 Å². The smallest absolute Gasteiger partial charge is 0.151 e. The molecule has 4 heteroatoms. The molecule has 0 spiro atoms. The van der Waals surface area contributed by atoms with Crippen molar-refractivity contribution in [1.29, 1.82) is 5.41 Å². The van der Waals surface area contributed by atoms with Crippen LogP contribution in [0.15, 0.2) is 34.5 Å². The second kappa shape index (κ2) is 4.77. The standard InChI is InChI=1S/C10H11ClN2O/c1-2-13-5-8-9(12)4-3-7(6-14)10(8)11/h3-6,12-13H,2H2,1H3/b8-5+,12-9?. The first-order chi connectivity index (χ1) is 6.70. The van der Waals surface area contributed by atoms with E-state index in [0.29, 0.717) is 28.2 Å². The van der Waals surface area contributed by atoms with Crippen molar-refractivity contribution in [3.63, 3.8) is 0 Å². The summed E-state index contributed by atoms with van der Waals surface area (Å²) in [6.45, 7) is 2.69. The quantitative estimate of drug-likeness (QED) is 0.698. The second-order valence-electron chi connectivity index (χ2n) is 2.75. The van der Waals surface area contributed by atoms with Crippen LogP contribution in [0.4, 0.5) is 0 Å². The van der Waals surface area contributed by atoms with Crippen molar-refractivity contribution in [3.05, 3.63) is 34.5 Å². The first-order valence-electron chi connectivity index (χ1n) is 4.26. The maximum atomic E-state index is 10.6. The normalized spacial score (nSPS) is 19.0. The Labute approximate surface area is 87.6 Å². The van der Waals surface area contributed by atoms with Crippen molar-refractivity contribution in [2.75, 3.05) is 6.54 Å². The molecule has 1 aliphatic rings. The minimum atomic E-state index is 0.307. The monoisotopic (exact) mass is 210 g/mol. The van der Waals surface area contributed by atoms with Crippen molar-refractivity contribution in [3.8, 4) is 0 Å². The van der Waals surface area contributed by atoms with Gasteiger partial charge in [-0.2, -0.15) is 0 Å². The molecule has 0 atom stereocenters. The Balaban J connectivity index is 3.05. The maximum absolute atomic E-state index is 10.6. The SMILES string of the molecule is CCN/C=C1\C(=N)C=CC(C=O)=C1Cl. The highest BCUT2D eigenvalue weighted by Gasteiger charge is 2.15. The summed E-state index contributed by atoms with van der Waals surface area (Å²) in [5.41, 5.74) is 1.27. The molecular formula is C10H11ClN2O. The zero-order valence-electron chi connectivity index (χ0n) is 7.80. The van der Waals surface area contributed by atoms with Crippen molar-refractivity contribution in [1.82, 2.24) is 5.32 Å². The average Bonchev–Trinajstić information content (AvgIpc) is 2.18. The summed E-state index contributed by atoms with van der Waals surface area (Å²) in [6.07, 6.45) is 5.43. The molecular weight excluding hydrogens is 200 g/mol. The predicted octanol–water partition coefficient (Wildman–Crippen LogP) is 1.76. The van der Waals surface area contributed by atoms with Crippen molar-refractivity contribution in [2.45, 2.75) is 6.92 Å². The van der Waals surface area contributed by atoms with Crippen LogP contribution in [-0.4, -0.2) is 18.5 Å². The topological polar surface area (TPSA) is 53.0 Å². The van der Waals surface area contributed by atoms with E-state index in [-0.39, 0.29) is 0 Å². The summed E-state index contributed by atoms with van der Waals surface area (Å²) >= 11 is 5.93. The number of hydrogen-bond donors (Lipinski definition) is 2. The fraction of sp³-hybridized carbons (Fsp3) is 0.200. The summed E-state index contributed by atoms with van der Waals surface area (Å²) in [6, 6.07) is 0. The van der Waals surface area contributed by atoms with Crippen LogP contribution in [0.1, 0.15) is 6.92 Å². The zero-order chi connectivity index (χ0) is 10.6. The summed E-state index contributed by atoms with van der Waals surface area (Å²) in [5, 5.41) is 10.9. The van der Waals surface area contributed by atoms with E-state index in [4.69, 9.17) is 17.0 Å². The Hall–Kier alpha value is -1.35. The molecule has 0 fully saturated rings. The van der Waals surface area contributed by atoms with Crippen molar-refractivity contribution < 1.29 is 4.79 Å². The van der Waals surface area contributed by atoms with Gasteiger partial charge in [0.25, 0.3) is 0 Å². The van der Waals surface area contributed by atoms with E-state index in [2.05, 4.69) is 5.32 Å². The number of hydrogen-bond acceptors (Lipinski definition) is 3. The van der Waals surface area contributed by atoms with E-state index in [1.54, 1.807) is 18.4 Å². The third-order valence-corrected chi connectivity index (χ3v) is 2.21. The van der Waals surface area contributed by atoms with Gasteiger partial charge < -0.3 is 10.7 Å². The van der Waals surface area contributed by atoms with Crippen molar-refractivity contribution in [2.24, 2.45) is 0 Å². The van der Waals surface area contributed by atoms with E-state index in [0.717, 1.165) is 6.54 Å². The number of allylic oxidation sites excluding steroid dienone is 5. The van der Waals surface area contributed by atoms with Gasteiger partial charge in [-0.25, -0.2) is 0 Å². The Morgan fingerprint density at radius 2 is 2.29 bits per heavy atom. The Morgan fingerprint density at radius 3 is 2.86 bits per heavy atom. The van der Waals surface area contributed by atoms with Gasteiger partial charge in [0.15, 0.2) is 6.29 Å². The molecule has 0 bridgehead atoms. The van der Waals surface area contributed by atoms with Crippen LogP contribution < -0.4 is 5.32 Å². The van der Waals surface area contributed by atoms with Gasteiger partial charge in [0.1, 0.15) is 0 Å². The third-order valence-electron chi connectivity index (χ3n) is 1.79. The first-order valence-corrected chi connectivity index (χ1v) is 4.64. The lowest BCUT2D eigenvalue weighted by Crippen LogP contribution is -2.11. The van der Waals surface area contributed by atoms with E-state index in [1.165, 1.54) is 0 Å². The van der Waals surface area contributed by atoms with Crippen LogP contribution in [0.3, 0.4) is 0 Å². The van der Waals surface area contributed by atoms with Gasteiger partial charge in [-0.3, -0.25) is 4.79 Å². The molecule has 0 radical (unpaired) electrons. The lowest BCUT2D eigenvalue weighted by atomic mass is 10.0. The molecule has 74 valence electrons. The molecule has 14 heavy (non-hydrogen) atoms. The lowest BCUT2D eigenvalue weighted by molar-refractivity contribution is -0.104. The minimum absolute atomic E-state index is 0.307. The van der Waals surface area contributed by atoms with E-state index < -0.39 is 0 Å². The molecule has 0 saturated heterocycles. The Bertz CT molecular complexity index is 353. The largest absolute Gasteiger partial charge is 0.391 e. The van der Waals surface area contributed by atoms with Crippen LogP contribution in [0.25, 0.3) is 0 Å². The number of aldehydes is 1. The third kappa shape index (κ3) is 2.12. The molecule has 0 aromatic rings. The Kier molecular flexibility index (Phi) is 3.65. The second-order valence-corrected chi connectivity index (χ2v) is 3.13. The molecule has 1 aliphatic carbocycles. The van der Waals surface area contributed by atoms with E-state index in [1.807, 2.05) is 6.92 Å². The van der Waals surface area contributed by atoms with Crippen LogP contribution in [0.2, 0.25) is 0 Å². The van der Waals surface area contributed by atoms with Crippen LogP contribution >= 0.6 is 11.6 Å². The summed E-state index contributed by atoms with van der Waals surface area (Å²) in [4.78, 5) is 10.6. The highest BCUT2D eigenvalue weighted by molar-refractivity contribution is 6.39. The van der Waals surface area contributed by atoms with Crippen molar-refractivity contribution >= 4 is 23.6 Å². The highest BCUT2D eigenvalue weighted by atomic mass is 35.5. The molecule has 0 aromatic heterocycles. The van der Waals surface area contributed by atoms with Gasteiger partial charge in [-0.05, 0) is 19.1 Å². The molecule has 2 N–H and O–H groups in total. The van der Waals surface area contributed by atoms with Crippen LogP contribution in [0, 0.1) is 5.41 Å². The molecule has 0 heterocycles.